The van der Waals surface area contributed by atoms with Crippen LogP contribution in [0.2, 0.25) is 0 Å². The molecule has 0 bridgehead atoms. The standard InChI is InChI=1S/C15H22N2O2S/c1-11(7-8-20(2)19)17-15(18)14-9-12-5-3-4-6-13(12)10-16-14/h3-6,11,14,16H,7-10H2,1-2H3,(H,17,18). The van der Waals surface area contributed by atoms with E-state index in [0.717, 1.165) is 19.4 Å². The summed E-state index contributed by atoms with van der Waals surface area (Å²) in [6, 6.07) is 8.10. The van der Waals surface area contributed by atoms with Gasteiger partial charge in [-0.05, 0) is 30.9 Å². The molecule has 0 spiro atoms. The molecule has 1 heterocycles. The highest BCUT2D eigenvalue weighted by atomic mass is 32.2. The van der Waals surface area contributed by atoms with E-state index in [9.17, 15) is 9.00 Å². The van der Waals surface area contributed by atoms with Gasteiger partial charge in [0.05, 0.1) is 6.04 Å². The van der Waals surface area contributed by atoms with Crippen molar-refractivity contribution in [2.45, 2.75) is 38.4 Å². The van der Waals surface area contributed by atoms with E-state index < -0.39 is 10.8 Å². The highest BCUT2D eigenvalue weighted by Crippen LogP contribution is 2.16. The summed E-state index contributed by atoms with van der Waals surface area (Å²) in [7, 11) is -0.802. The fourth-order valence-corrected chi connectivity index (χ4v) is 3.08. The summed E-state index contributed by atoms with van der Waals surface area (Å²) in [6.45, 7) is 2.70. The number of carbonyl (C=O) groups is 1. The van der Waals surface area contributed by atoms with Crippen LogP contribution >= 0.6 is 0 Å². The summed E-state index contributed by atoms with van der Waals surface area (Å²) in [5.74, 6) is 0.663. The van der Waals surface area contributed by atoms with Crippen molar-refractivity contribution in [1.29, 1.82) is 0 Å². The molecule has 1 aromatic carbocycles. The monoisotopic (exact) mass is 294 g/mol. The lowest BCUT2D eigenvalue weighted by Crippen LogP contribution is -2.50. The molecular weight excluding hydrogens is 272 g/mol. The van der Waals surface area contributed by atoms with Gasteiger partial charge in [0.2, 0.25) is 5.91 Å². The molecule has 0 saturated heterocycles. The molecule has 0 saturated carbocycles. The summed E-state index contributed by atoms with van der Waals surface area (Å²) in [4.78, 5) is 12.2. The first kappa shape index (κ1) is 15.2. The zero-order valence-electron chi connectivity index (χ0n) is 12.0. The molecule has 2 rings (SSSR count). The van der Waals surface area contributed by atoms with Crippen molar-refractivity contribution in [3.05, 3.63) is 35.4 Å². The van der Waals surface area contributed by atoms with Gasteiger partial charge in [0, 0.05) is 35.4 Å². The van der Waals surface area contributed by atoms with Gasteiger partial charge >= 0.3 is 0 Å². The van der Waals surface area contributed by atoms with Crippen LogP contribution in [0.4, 0.5) is 0 Å². The third kappa shape index (κ3) is 4.15. The molecule has 0 fully saturated rings. The Kier molecular flexibility index (Phi) is 5.31. The van der Waals surface area contributed by atoms with Crippen LogP contribution in [0.3, 0.4) is 0 Å². The van der Waals surface area contributed by atoms with Crippen LogP contribution in [0.15, 0.2) is 24.3 Å². The number of fused-ring (bicyclic) bond motifs is 1. The molecule has 110 valence electrons. The molecule has 20 heavy (non-hydrogen) atoms. The van der Waals surface area contributed by atoms with Crippen molar-refractivity contribution in [3.63, 3.8) is 0 Å². The number of amides is 1. The Morgan fingerprint density at radius 3 is 2.85 bits per heavy atom. The third-order valence-corrected chi connectivity index (χ3v) is 4.44. The fourth-order valence-electron chi connectivity index (χ4n) is 2.40. The van der Waals surface area contributed by atoms with Crippen LogP contribution in [-0.4, -0.2) is 34.2 Å². The minimum Gasteiger partial charge on any atom is -0.352 e. The Bertz CT molecular complexity index is 504. The Hall–Kier alpha value is -1.20. The molecule has 4 nitrogen and oxygen atoms in total. The SMILES string of the molecule is CC(CCS(C)=O)NC(=O)C1Cc2ccccc2CN1. The maximum absolute atomic E-state index is 12.2. The van der Waals surface area contributed by atoms with Crippen LogP contribution < -0.4 is 10.6 Å². The topological polar surface area (TPSA) is 58.2 Å². The lowest BCUT2D eigenvalue weighted by molar-refractivity contribution is -0.123. The first-order valence-electron chi connectivity index (χ1n) is 6.97. The molecule has 5 heteroatoms. The normalized spacial score (nSPS) is 20.8. The van der Waals surface area contributed by atoms with E-state index in [1.807, 2.05) is 19.1 Å². The highest BCUT2D eigenvalue weighted by Gasteiger charge is 2.24. The molecule has 3 atom stereocenters. The van der Waals surface area contributed by atoms with E-state index >= 15 is 0 Å². The first-order chi connectivity index (χ1) is 9.56. The maximum atomic E-state index is 12.2. The average Bonchev–Trinajstić information content (AvgIpc) is 2.44. The molecule has 0 radical (unpaired) electrons. The van der Waals surface area contributed by atoms with Crippen molar-refractivity contribution in [3.8, 4) is 0 Å². The molecule has 1 aromatic rings. The lowest BCUT2D eigenvalue weighted by atomic mass is 9.95. The number of rotatable bonds is 5. The fraction of sp³-hybridized carbons (Fsp3) is 0.533. The molecule has 1 amide bonds. The van der Waals surface area contributed by atoms with Crippen LogP contribution in [0, 0.1) is 0 Å². The van der Waals surface area contributed by atoms with E-state index in [4.69, 9.17) is 0 Å². The molecule has 1 aliphatic rings. The summed E-state index contributed by atoms with van der Waals surface area (Å²) in [5.41, 5.74) is 2.51. The van der Waals surface area contributed by atoms with E-state index in [0.29, 0.717) is 5.75 Å². The predicted octanol–water partition coefficient (Wildman–Crippen LogP) is 0.974. The van der Waals surface area contributed by atoms with Gasteiger partial charge in [-0.3, -0.25) is 9.00 Å². The smallest absolute Gasteiger partial charge is 0.237 e. The number of hydrogen-bond donors (Lipinski definition) is 2. The molecule has 2 N–H and O–H groups in total. The van der Waals surface area contributed by atoms with Crippen LogP contribution in [0.25, 0.3) is 0 Å². The molecule has 0 aliphatic carbocycles. The number of carbonyl (C=O) groups excluding carboxylic acids is 1. The van der Waals surface area contributed by atoms with Gasteiger partial charge < -0.3 is 10.6 Å². The van der Waals surface area contributed by atoms with E-state index in [2.05, 4.69) is 22.8 Å². The second kappa shape index (κ2) is 6.99. The summed E-state index contributed by atoms with van der Waals surface area (Å²) in [5, 5.41) is 6.27. The average molecular weight is 294 g/mol. The number of benzene rings is 1. The second-order valence-electron chi connectivity index (χ2n) is 5.38. The Balaban J connectivity index is 1.87. The van der Waals surface area contributed by atoms with Crippen molar-refractivity contribution >= 4 is 16.7 Å². The van der Waals surface area contributed by atoms with E-state index in [1.54, 1.807) is 6.26 Å². The summed E-state index contributed by atoms with van der Waals surface area (Å²) in [6.07, 6.45) is 3.17. The van der Waals surface area contributed by atoms with Gasteiger partial charge in [-0.1, -0.05) is 24.3 Å². The Morgan fingerprint density at radius 2 is 2.15 bits per heavy atom. The van der Waals surface area contributed by atoms with Gasteiger partial charge in [0.15, 0.2) is 0 Å². The largest absolute Gasteiger partial charge is 0.352 e. The Labute approximate surface area is 122 Å². The lowest BCUT2D eigenvalue weighted by Gasteiger charge is -2.26. The minimum atomic E-state index is -0.802. The van der Waals surface area contributed by atoms with Gasteiger partial charge in [0.25, 0.3) is 0 Å². The quantitative estimate of drug-likeness (QED) is 0.851. The van der Waals surface area contributed by atoms with Gasteiger partial charge in [-0.15, -0.1) is 0 Å². The van der Waals surface area contributed by atoms with Gasteiger partial charge in [0.1, 0.15) is 0 Å². The van der Waals surface area contributed by atoms with Crippen molar-refractivity contribution < 1.29 is 9.00 Å². The molecular formula is C15H22N2O2S. The number of nitrogens with one attached hydrogen (secondary N) is 2. The number of hydrogen-bond acceptors (Lipinski definition) is 3. The molecule has 1 aliphatic heterocycles. The zero-order chi connectivity index (χ0) is 14.5. The van der Waals surface area contributed by atoms with Crippen LogP contribution in [0.1, 0.15) is 24.5 Å². The van der Waals surface area contributed by atoms with Crippen LogP contribution in [0.5, 0.6) is 0 Å². The van der Waals surface area contributed by atoms with Gasteiger partial charge in [-0.2, -0.15) is 0 Å². The van der Waals surface area contributed by atoms with E-state index in [1.165, 1.54) is 11.1 Å². The Morgan fingerprint density at radius 1 is 1.45 bits per heavy atom. The van der Waals surface area contributed by atoms with Gasteiger partial charge in [-0.25, -0.2) is 0 Å². The second-order valence-corrected chi connectivity index (χ2v) is 6.94. The third-order valence-electron chi connectivity index (χ3n) is 3.62. The predicted molar refractivity (Wildman–Crippen MR) is 81.9 cm³/mol. The molecule has 3 unspecified atom stereocenters. The first-order valence-corrected chi connectivity index (χ1v) is 8.69. The highest BCUT2D eigenvalue weighted by molar-refractivity contribution is 7.84. The zero-order valence-corrected chi connectivity index (χ0v) is 12.8. The summed E-state index contributed by atoms with van der Waals surface area (Å²) >= 11 is 0. The summed E-state index contributed by atoms with van der Waals surface area (Å²) < 4.78 is 11.1. The molecule has 0 aromatic heterocycles. The van der Waals surface area contributed by atoms with Crippen molar-refractivity contribution in [2.24, 2.45) is 0 Å². The minimum absolute atomic E-state index is 0.0360. The maximum Gasteiger partial charge on any atom is 0.237 e. The van der Waals surface area contributed by atoms with E-state index in [-0.39, 0.29) is 18.0 Å². The van der Waals surface area contributed by atoms with Crippen molar-refractivity contribution in [2.75, 3.05) is 12.0 Å². The van der Waals surface area contributed by atoms with Crippen LogP contribution in [-0.2, 0) is 28.6 Å². The van der Waals surface area contributed by atoms with Crippen molar-refractivity contribution in [1.82, 2.24) is 10.6 Å².